The first-order valence-electron chi connectivity index (χ1n) is 4.84. The standard InChI is InChI=1S/C12H13BO2S/c1-12(2,3)6-5-8-7-9(13)10(16-8)11(14)15-4/h7H,1-4H3. The minimum Gasteiger partial charge on any atom is -0.465 e. The maximum atomic E-state index is 11.3. The maximum absolute atomic E-state index is 11.3. The van der Waals surface area contributed by atoms with E-state index in [1.807, 2.05) is 20.8 Å². The molecule has 0 bridgehead atoms. The third-order valence-electron chi connectivity index (χ3n) is 1.69. The van der Waals surface area contributed by atoms with Crippen molar-refractivity contribution in [1.82, 2.24) is 0 Å². The Morgan fingerprint density at radius 3 is 2.62 bits per heavy atom. The second kappa shape index (κ2) is 4.75. The van der Waals surface area contributed by atoms with Gasteiger partial charge in [-0.2, -0.15) is 0 Å². The summed E-state index contributed by atoms with van der Waals surface area (Å²) in [5, 5.41) is 0. The molecule has 0 saturated carbocycles. The van der Waals surface area contributed by atoms with Gasteiger partial charge in [0, 0.05) is 5.41 Å². The first-order valence-corrected chi connectivity index (χ1v) is 5.66. The van der Waals surface area contributed by atoms with Gasteiger partial charge in [0.25, 0.3) is 0 Å². The zero-order valence-corrected chi connectivity index (χ0v) is 10.7. The topological polar surface area (TPSA) is 26.3 Å². The summed E-state index contributed by atoms with van der Waals surface area (Å²) in [4.78, 5) is 12.5. The zero-order chi connectivity index (χ0) is 12.3. The minimum absolute atomic E-state index is 0.0653. The highest BCUT2D eigenvalue weighted by Crippen LogP contribution is 2.15. The predicted molar refractivity (Wildman–Crippen MR) is 67.4 cm³/mol. The molecule has 0 fully saturated rings. The van der Waals surface area contributed by atoms with E-state index in [0.29, 0.717) is 10.3 Å². The number of ether oxygens (including phenoxy) is 1. The van der Waals surface area contributed by atoms with Crippen molar-refractivity contribution in [3.8, 4) is 11.8 Å². The molecule has 0 aliphatic heterocycles. The molecule has 2 nitrogen and oxygen atoms in total. The summed E-state index contributed by atoms with van der Waals surface area (Å²) in [7, 11) is 7.03. The monoisotopic (exact) mass is 232 g/mol. The first-order chi connectivity index (χ1) is 7.33. The first kappa shape index (κ1) is 12.9. The molecule has 1 heterocycles. The van der Waals surface area contributed by atoms with Crippen LogP contribution in [0.4, 0.5) is 0 Å². The van der Waals surface area contributed by atoms with Gasteiger partial charge in [-0.15, -0.1) is 11.3 Å². The van der Waals surface area contributed by atoms with Gasteiger partial charge in [0.1, 0.15) is 12.7 Å². The number of carbonyl (C=O) groups is 1. The van der Waals surface area contributed by atoms with Gasteiger partial charge in [0.15, 0.2) is 0 Å². The van der Waals surface area contributed by atoms with E-state index in [1.54, 1.807) is 6.07 Å². The van der Waals surface area contributed by atoms with E-state index < -0.39 is 5.97 Å². The van der Waals surface area contributed by atoms with Gasteiger partial charge >= 0.3 is 5.97 Å². The Morgan fingerprint density at radius 1 is 1.50 bits per heavy atom. The highest BCUT2D eigenvalue weighted by Gasteiger charge is 2.12. The number of thiophene rings is 1. The van der Waals surface area contributed by atoms with Gasteiger partial charge in [-0.25, -0.2) is 4.79 Å². The molecule has 1 rings (SSSR count). The number of hydrogen-bond acceptors (Lipinski definition) is 3. The van der Waals surface area contributed by atoms with Crippen molar-refractivity contribution in [2.45, 2.75) is 20.8 Å². The summed E-state index contributed by atoms with van der Waals surface area (Å²) < 4.78 is 4.62. The molecule has 2 radical (unpaired) electrons. The second-order valence-electron chi connectivity index (χ2n) is 4.39. The summed E-state index contributed by atoms with van der Waals surface area (Å²) in [6.07, 6.45) is 0. The van der Waals surface area contributed by atoms with E-state index in [0.717, 1.165) is 4.88 Å². The van der Waals surface area contributed by atoms with Gasteiger partial charge in [0.05, 0.1) is 12.0 Å². The molecule has 0 saturated heterocycles. The lowest BCUT2D eigenvalue weighted by molar-refractivity contribution is 0.0607. The molecule has 0 aliphatic rings. The molecule has 0 unspecified atom stereocenters. The average molecular weight is 232 g/mol. The van der Waals surface area contributed by atoms with E-state index >= 15 is 0 Å². The Kier molecular flexibility index (Phi) is 3.82. The summed E-state index contributed by atoms with van der Waals surface area (Å²) in [6, 6.07) is 1.70. The van der Waals surface area contributed by atoms with Crippen molar-refractivity contribution in [2.24, 2.45) is 5.41 Å². The van der Waals surface area contributed by atoms with Crippen LogP contribution in [0.5, 0.6) is 0 Å². The van der Waals surface area contributed by atoms with Crippen molar-refractivity contribution in [3.63, 3.8) is 0 Å². The van der Waals surface area contributed by atoms with Crippen LogP contribution in [0.25, 0.3) is 0 Å². The van der Waals surface area contributed by atoms with E-state index in [1.165, 1.54) is 18.4 Å². The van der Waals surface area contributed by atoms with Gasteiger partial charge in [0.2, 0.25) is 0 Å². The molecule has 16 heavy (non-hydrogen) atoms. The summed E-state index contributed by atoms with van der Waals surface area (Å²) in [5.41, 5.74) is 0.361. The third-order valence-corrected chi connectivity index (χ3v) is 2.74. The van der Waals surface area contributed by atoms with Crippen LogP contribution in [0, 0.1) is 17.3 Å². The fourth-order valence-corrected chi connectivity index (χ4v) is 1.82. The smallest absolute Gasteiger partial charge is 0.347 e. The average Bonchev–Trinajstić information content (AvgIpc) is 2.55. The number of methoxy groups -OCH3 is 1. The van der Waals surface area contributed by atoms with Crippen molar-refractivity contribution < 1.29 is 9.53 Å². The minimum atomic E-state index is -0.411. The normalized spacial score (nSPS) is 10.5. The molecule has 82 valence electrons. The molecule has 0 aliphatic carbocycles. The van der Waals surface area contributed by atoms with Crippen LogP contribution >= 0.6 is 11.3 Å². The van der Waals surface area contributed by atoms with Crippen LogP contribution < -0.4 is 5.46 Å². The molecule has 0 spiro atoms. The van der Waals surface area contributed by atoms with Crippen molar-refractivity contribution in [1.29, 1.82) is 0 Å². The fourth-order valence-electron chi connectivity index (χ4n) is 0.968. The molecule has 0 amide bonds. The Morgan fingerprint density at radius 2 is 2.12 bits per heavy atom. The largest absolute Gasteiger partial charge is 0.465 e. The lowest BCUT2D eigenvalue weighted by Gasteiger charge is -2.06. The zero-order valence-electron chi connectivity index (χ0n) is 9.88. The lowest BCUT2D eigenvalue weighted by Crippen LogP contribution is -2.11. The molecule has 0 atom stereocenters. The van der Waals surface area contributed by atoms with Gasteiger partial charge in [-0.05, 0) is 26.8 Å². The van der Waals surface area contributed by atoms with E-state index in [9.17, 15) is 4.79 Å². The predicted octanol–water partition coefficient (Wildman–Crippen LogP) is 1.73. The van der Waals surface area contributed by atoms with Crippen LogP contribution in [-0.2, 0) is 4.74 Å². The van der Waals surface area contributed by atoms with E-state index in [4.69, 9.17) is 7.85 Å². The number of carbonyl (C=O) groups excluding carboxylic acids is 1. The summed E-state index contributed by atoms with van der Waals surface area (Å²) in [6.45, 7) is 6.08. The summed E-state index contributed by atoms with van der Waals surface area (Å²) in [5.74, 6) is 5.68. The maximum Gasteiger partial charge on any atom is 0.347 e. The molecule has 0 N–H and O–H groups in total. The second-order valence-corrected chi connectivity index (χ2v) is 5.44. The molecule has 1 aromatic rings. The van der Waals surface area contributed by atoms with Crippen LogP contribution in [0.3, 0.4) is 0 Å². The molecular formula is C12H13BO2S. The van der Waals surface area contributed by atoms with Crippen LogP contribution in [0.1, 0.15) is 35.3 Å². The number of esters is 1. The van der Waals surface area contributed by atoms with Crippen molar-refractivity contribution in [2.75, 3.05) is 7.11 Å². The van der Waals surface area contributed by atoms with E-state index in [2.05, 4.69) is 16.6 Å². The fraction of sp³-hybridized carbons (Fsp3) is 0.417. The van der Waals surface area contributed by atoms with Crippen LogP contribution in [0.2, 0.25) is 0 Å². The SMILES string of the molecule is [B]c1cc(C#CC(C)(C)C)sc1C(=O)OC. The molecule has 1 aromatic heterocycles. The van der Waals surface area contributed by atoms with Gasteiger partial charge in [-0.1, -0.05) is 17.3 Å². The van der Waals surface area contributed by atoms with E-state index in [-0.39, 0.29) is 5.41 Å². The highest BCUT2D eigenvalue weighted by atomic mass is 32.1. The Balaban J connectivity index is 3.01. The van der Waals surface area contributed by atoms with Crippen molar-refractivity contribution >= 4 is 30.6 Å². The van der Waals surface area contributed by atoms with Crippen LogP contribution in [0.15, 0.2) is 6.07 Å². The van der Waals surface area contributed by atoms with Gasteiger partial charge in [-0.3, -0.25) is 0 Å². The molecule has 0 aromatic carbocycles. The van der Waals surface area contributed by atoms with Crippen LogP contribution in [-0.4, -0.2) is 20.9 Å². The molecule has 4 heteroatoms. The Bertz CT molecular complexity index is 458. The quantitative estimate of drug-likeness (QED) is 0.418. The van der Waals surface area contributed by atoms with Gasteiger partial charge < -0.3 is 4.74 Å². The van der Waals surface area contributed by atoms with Crippen molar-refractivity contribution in [3.05, 3.63) is 15.8 Å². The Hall–Kier alpha value is -1.21. The number of hydrogen-bond donors (Lipinski definition) is 0. The Labute approximate surface area is 101 Å². The highest BCUT2D eigenvalue weighted by molar-refractivity contribution is 7.15. The summed E-state index contributed by atoms with van der Waals surface area (Å²) >= 11 is 1.26. The number of rotatable bonds is 1. The third kappa shape index (κ3) is 3.43. The lowest BCUT2D eigenvalue weighted by atomic mass is 9.96. The molecular weight excluding hydrogens is 219 g/mol.